The molecule has 1 amide bonds. The van der Waals surface area contributed by atoms with E-state index in [0.717, 1.165) is 50.9 Å². The number of ether oxygens (including phenoxy) is 1. The molecule has 11 heteroatoms. The fourth-order valence-electron chi connectivity index (χ4n) is 5.03. The lowest BCUT2D eigenvalue weighted by Crippen LogP contribution is -2.63. The highest BCUT2D eigenvalue weighted by molar-refractivity contribution is 5.92. The molecule has 1 aromatic carbocycles. The lowest BCUT2D eigenvalue weighted by molar-refractivity contribution is -0.149. The number of nitrogens with one attached hydrogen (secondary N) is 2. The molecule has 0 bridgehead atoms. The first-order valence-electron chi connectivity index (χ1n) is 12.3. The van der Waals surface area contributed by atoms with E-state index >= 15 is 0 Å². The maximum atomic E-state index is 13.2. The van der Waals surface area contributed by atoms with Gasteiger partial charge in [-0.1, -0.05) is 6.08 Å². The van der Waals surface area contributed by atoms with Crippen molar-refractivity contribution >= 4 is 28.6 Å². The second-order valence-corrected chi connectivity index (χ2v) is 9.38. The number of fused-ring (bicyclic) bond motifs is 1. The van der Waals surface area contributed by atoms with Crippen LogP contribution in [0.1, 0.15) is 38.2 Å². The molecule has 0 atom stereocenters. The minimum Gasteiger partial charge on any atom is -0.466 e. The molecule has 0 spiro atoms. The molecular weight excluding hydrogens is 475 g/mol. The van der Waals surface area contributed by atoms with Crippen molar-refractivity contribution in [3.8, 4) is 0 Å². The van der Waals surface area contributed by atoms with E-state index in [9.17, 15) is 22.8 Å². The van der Waals surface area contributed by atoms with Gasteiger partial charge in [0.1, 0.15) is 0 Å². The molecule has 196 valence electrons. The number of nitrogens with zero attached hydrogens (tertiary/aromatic N) is 3. The van der Waals surface area contributed by atoms with E-state index in [2.05, 4.69) is 27.2 Å². The molecule has 4 rings (SSSR count). The smallest absolute Gasteiger partial charge is 0.416 e. The quantitative estimate of drug-likeness (QED) is 0.399. The maximum Gasteiger partial charge on any atom is 0.416 e. The number of carbonyl (C=O) groups is 2. The summed E-state index contributed by atoms with van der Waals surface area (Å²) < 4.78 is 46.3. The molecule has 1 aliphatic heterocycles. The van der Waals surface area contributed by atoms with Crippen molar-refractivity contribution in [3.05, 3.63) is 36.4 Å². The molecule has 0 radical (unpaired) electrons. The first kappa shape index (κ1) is 26.0. The Bertz CT molecular complexity index is 1100. The summed E-state index contributed by atoms with van der Waals surface area (Å²) in [7, 11) is 0. The highest BCUT2D eigenvalue weighted by Crippen LogP contribution is 2.34. The normalized spacial score (nSPS) is 21.1. The van der Waals surface area contributed by atoms with E-state index in [1.165, 1.54) is 6.07 Å². The Hall–Kier alpha value is -3.08. The monoisotopic (exact) mass is 507 g/mol. The van der Waals surface area contributed by atoms with Gasteiger partial charge in [-0.3, -0.25) is 19.2 Å². The Labute approximate surface area is 207 Å². The number of likely N-dealkylation sites (tertiary alicyclic amines) is 1. The summed E-state index contributed by atoms with van der Waals surface area (Å²) in [5.74, 6) is -0.137. The molecular formula is C25H32F3N5O3. The van der Waals surface area contributed by atoms with Crippen molar-refractivity contribution < 1.29 is 27.5 Å². The molecule has 1 saturated carbocycles. The van der Waals surface area contributed by atoms with E-state index < -0.39 is 11.7 Å². The molecule has 36 heavy (non-hydrogen) atoms. The predicted octanol–water partition coefficient (Wildman–Crippen LogP) is 3.58. The molecule has 1 aliphatic carbocycles. The van der Waals surface area contributed by atoms with Crippen LogP contribution in [0.2, 0.25) is 0 Å². The Kier molecular flexibility index (Phi) is 7.87. The number of hydrogen-bond acceptors (Lipinski definition) is 6. The summed E-state index contributed by atoms with van der Waals surface area (Å²) >= 11 is 0. The van der Waals surface area contributed by atoms with Crippen LogP contribution in [0, 0.1) is 5.92 Å². The Morgan fingerprint density at radius 3 is 2.58 bits per heavy atom. The van der Waals surface area contributed by atoms with Gasteiger partial charge in [-0.15, -0.1) is 6.58 Å². The average molecular weight is 508 g/mol. The maximum absolute atomic E-state index is 13.2. The number of esters is 1. The highest BCUT2D eigenvalue weighted by Gasteiger charge is 2.37. The summed E-state index contributed by atoms with van der Waals surface area (Å²) in [5, 5.41) is 10.5. The van der Waals surface area contributed by atoms with Gasteiger partial charge >= 0.3 is 12.1 Å². The van der Waals surface area contributed by atoms with Crippen LogP contribution < -0.4 is 10.6 Å². The van der Waals surface area contributed by atoms with Gasteiger partial charge < -0.3 is 15.4 Å². The van der Waals surface area contributed by atoms with Crippen LogP contribution in [-0.4, -0.2) is 64.9 Å². The summed E-state index contributed by atoms with van der Waals surface area (Å²) in [6.07, 6.45) is 0.648. The van der Waals surface area contributed by atoms with Gasteiger partial charge in [0.05, 0.1) is 42.7 Å². The molecule has 2 fully saturated rings. The van der Waals surface area contributed by atoms with E-state index in [4.69, 9.17) is 4.74 Å². The van der Waals surface area contributed by atoms with Crippen LogP contribution in [0.25, 0.3) is 10.9 Å². The number of amides is 1. The predicted molar refractivity (Wildman–Crippen MR) is 129 cm³/mol. The molecule has 0 unspecified atom stereocenters. The first-order valence-corrected chi connectivity index (χ1v) is 12.3. The Morgan fingerprint density at radius 2 is 1.94 bits per heavy atom. The van der Waals surface area contributed by atoms with E-state index in [0.29, 0.717) is 30.1 Å². The summed E-state index contributed by atoms with van der Waals surface area (Å²) in [4.78, 5) is 26.7. The average Bonchev–Trinajstić information content (AvgIpc) is 3.16. The molecule has 2 aliphatic rings. The fourth-order valence-corrected chi connectivity index (χ4v) is 5.03. The molecule has 8 nitrogen and oxygen atoms in total. The Morgan fingerprint density at radius 1 is 1.22 bits per heavy atom. The third-order valence-corrected chi connectivity index (χ3v) is 6.90. The summed E-state index contributed by atoms with van der Waals surface area (Å²) in [6.45, 7) is 7.59. The number of carbonyl (C=O) groups excluding carboxylic acids is 2. The zero-order valence-electron chi connectivity index (χ0n) is 20.3. The van der Waals surface area contributed by atoms with Crippen molar-refractivity contribution in [2.75, 3.05) is 31.6 Å². The lowest BCUT2D eigenvalue weighted by Gasteiger charge is -2.46. The van der Waals surface area contributed by atoms with Crippen LogP contribution in [0.15, 0.2) is 30.9 Å². The molecule has 2 heterocycles. The van der Waals surface area contributed by atoms with E-state index in [1.54, 1.807) is 10.8 Å². The number of alkyl halides is 3. The van der Waals surface area contributed by atoms with Crippen LogP contribution >= 0.6 is 0 Å². The Balaban J connectivity index is 1.27. The zero-order chi connectivity index (χ0) is 25.9. The first-order chi connectivity index (χ1) is 17.2. The fraction of sp³-hybridized carbons (Fsp3) is 0.560. The molecule has 2 aromatic rings. The van der Waals surface area contributed by atoms with Crippen LogP contribution in [0.5, 0.6) is 0 Å². The van der Waals surface area contributed by atoms with Crippen molar-refractivity contribution in [3.63, 3.8) is 0 Å². The number of rotatable bonds is 9. The third kappa shape index (κ3) is 5.83. The number of allylic oxidation sites excluding steroid dienone is 1. The minimum atomic E-state index is -4.47. The van der Waals surface area contributed by atoms with E-state index in [-0.39, 0.29) is 36.2 Å². The van der Waals surface area contributed by atoms with Crippen molar-refractivity contribution in [2.45, 2.75) is 57.4 Å². The minimum absolute atomic E-state index is 0.0118. The largest absolute Gasteiger partial charge is 0.466 e. The van der Waals surface area contributed by atoms with Gasteiger partial charge in [0.15, 0.2) is 5.82 Å². The van der Waals surface area contributed by atoms with Gasteiger partial charge in [0, 0.05) is 24.5 Å². The molecule has 1 saturated heterocycles. The number of benzene rings is 1. The summed E-state index contributed by atoms with van der Waals surface area (Å²) in [5.41, 5.74) is -0.246. The van der Waals surface area contributed by atoms with Crippen molar-refractivity contribution in [1.82, 2.24) is 20.0 Å². The lowest BCUT2D eigenvalue weighted by atomic mass is 9.84. The molecule has 2 N–H and O–H groups in total. The van der Waals surface area contributed by atoms with Crippen LogP contribution in [0.3, 0.4) is 0 Å². The highest BCUT2D eigenvalue weighted by atomic mass is 19.4. The molecule has 1 aromatic heterocycles. The zero-order valence-corrected chi connectivity index (χ0v) is 20.3. The van der Waals surface area contributed by atoms with E-state index in [1.807, 2.05) is 6.92 Å². The number of anilines is 1. The van der Waals surface area contributed by atoms with Crippen LogP contribution in [0.4, 0.5) is 19.0 Å². The van der Waals surface area contributed by atoms with Gasteiger partial charge in [-0.25, -0.2) is 0 Å². The second kappa shape index (κ2) is 10.9. The van der Waals surface area contributed by atoms with Crippen molar-refractivity contribution in [2.24, 2.45) is 5.92 Å². The van der Waals surface area contributed by atoms with Gasteiger partial charge in [0.2, 0.25) is 5.91 Å². The topological polar surface area (TPSA) is 88.5 Å². The number of hydrogen-bond donors (Lipinski definition) is 2. The van der Waals surface area contributed by atoms with Gasteiger partial charge in [0.25, 0.3) is 0 Å². The standard InChI is InChI=1S/C25H32F3N5O3/c1-3-11-33-21-10-7-17(25(26,27)28)12-20(21)23(31-33)29-13-22(34)30-18-14-32(15-18)19-8-5-16(6-9-19)24(35)36-4-2/h3,7,10,12,16,18-19H,1,4-6,8-9,11,13-15H2,2H3,(H,29,31)(H,30,34). The summed E-state index contributed by atoms with van der Waals surface area (Å²) in [6, 6.07) is 3.87. The van der Waals surface area contributed by atoms with Gasteiger partial charge in [-0.2, -0.15) is 18.3 Å². The second-order valence-electron chi connectivity index (χ2n) is 9.38. The third-order valence-electron chi connectivity index (χ3n) is 6.90. The SMILES string of the molecule is C=CCn1nc(NCC(=O)NC2CN(C3CCC(C(=O)OCC)CC3)C2)c2cc(C(F)(F)F)ccc21. The van der Waals surface area contributed by atoms with Crippen molar-refractivity contribution in [1.29, 1.82) is 0 Å². The number of halogens is 3. The van der Waals surface area contributed by atoms with Gasteiger partial charge in [-0.05, 0) is 50.8 Å². The number of aromatic nitrogens is 2. The van der Waals surface area contributed by atoms with Crippen LogP contribution in [-0.2, 0) is 27.0 Å².